The third kappa shape index (κ3) is 2.52. The van der Waals surface area contributed by atoms with Crippen molar-refractivity contribution in [2.45, 2.75) is 6.54 Å². The molecule has 0 saturated heterocycles. The summed E-state index contributed by atoms with van der Waals surface area (Å²) in [6, 6.07) is 7.75. The molecule has 0 bridgehead atoms. The van der Waals surface area contributed by atoms with Crippen LogP contribution in [0.25, 0.3) is 0 Å². The molecule has 0 saturated carbocycles. The number of rotatable bonds is 4. The van der Waals surface area contributed by atoms with Crippen LogP contribution in [0.4, 0.5) is 10.8 Å². The molecule has 18 heavy (non-hydrogen) atoms. The van der Waals surface area contributed by atoms with E-state index >= 15 is 0 Å². The Labute approximate surface area is 115 Å². The van der Waals surface area contributed by atoms with Crippen LogP contribution >= 0.6 is 23.1 Å². The molecule has 6 heteroatoms. The van der Waals surface area contributed by atoms with Gasteiger partial charge in [0.25, 0.3) is 0 Å². The number of aromatic nitrogens is 1. The van der Waals surface area contributed by atoms with E-state index in [0.29, 0.717) is 18.1 Å². The average Bonchev–Trinajstić information content (AvgIpc) is 2.73. The standard InChI is InChI=1S/C12H14ClN3OS/c1-16(7-8-5-3-4-6-9(8)13)12-10(17-2)11(14)15-18-12/h3-6H,7H2,1-2H3,(H2,14,15). The van der Waals surface area contributed by atoms with E-state index in [-0.39, 0.29) is 0 Å². The van der Waals surface area contributed by atoms with Crippen molar-refractivity contribution in [1.29, 1.82) is 0 Å². The highest BCUT2D eigenvalue weighted by Crippen LogP contribution is 2.38. The molecule has 0 spiro atoms. The van der Waals surface area contributed by atoms with E-state index < -0.39 is 0 Å². The minimum atomic E-state index is 0.420. The van der Waals surface area contributed by atoms with Gasteiger partial charge in [-0.05, 0) is 23.2 Å². The summed E-state index contributed by atoms with van der Waals surface area (Å²) < 4.78 is 9.35. The Morgan fingerprint density at radius 3 is 2.83 bits per heavy atom. The molecule has 96 valence electrons. The highest BCUT2D eigenvalue weighted by atomic mass is 35.5. The van der Waals surface area contributed by atoms with E-state index in [2.05, 4.69) is 4.37 Å². The first-order chi connectivity index (χ1) is 8.63. The van der Waals surface area contributed by atoms with Crippen molar-refractivity contribution in [3.8, 4) is 5.75 Å². The minimum Gasteiger partial charge on any atom is -0.490 e. The van der Waals surface area contributed by atoms with Gasteiger partial charge in [0.15, 0.2) is 16.6 Å². The van der Waals surface area contributed by atoms with Crippen LogP contribution in [-0.4, -0.2) is 18.5 Å². The molecular weight excluding hydrogens is 270 g/mol. The van der Waals surface area contributed by atoms with Crippen LogP contribution in [0, 0.1) is 0 Å². The minimum absolute atomic E-state index is 0.420. The Hall–Kier alpha value is -1.46. The van der Waals surface area contributed by atoms with Crippen molar-refractivity contribution in [3.63, 3.8) is 0 Å². The second-order valence-electron chi connectivity index (χ2n) is 3.85. The molecule has 0 fully saturated rings. The van der Waals surface area contributed by atoms with Crippen molar-refractivity contribution >= 4 is 34.0 Å². The summed E-state index contributed by atoms with van der Waals surface area (Å²) in [5.74, 6) is 1.04. The Kier molecular flexibility index (Phi) is 3.93. The van der Waals surface area contributed by atoms with Gasteiger partial charge in [-0.1, -0.05) is 29.8 Å². The van der Waals surface area contributed by atoms with E-state index in [1.54, 1.807) is 7.11 Å². The monoisotopic (exact) mass is 283 g/mol. The summed E-state index contributed by atoms with van der Waals surface area (Å²) in [7, 11) is 3.55. The zero-order chi connectivity index (χ0) is 13.1. The summed E-state index contributed by atoms with van der Waals surface area (Å²) in [4.78, 5) is 2.02. The molecule has 1 heterocycles. The lowest BCUT2D eigenvalue weighted by Crippen LogP contribution is -2.16. The number of benzene rings is 1. The maximum Gasteiger partial charge on any atom is 0.197 e. The molecule has 0 radical (unpaired) electrons. The topological polar surface area (TPSA) is 51.4 Å². The van der Waals surface area contributed by atoms with Gasteiger partial charge in [-0.15, -0.1) is 0 Å². The molecule has 0 atom stereocenters. The smallest absolute Gasteiger partial charge is 0.197 e. The SMILES string of the molecule is COc1c(N)nsc1N(C)Cc1ccccc1Cl. The van der Waals surface area contributed by atoms with Gasteiger partial charge >= 0.3 is 0 Å². The number of halogens is 1. The summed E-state index contributed by atoms with van der Waals surface area (Å²) in [5, 5.41) is 1.65. The maximum absolute atomic E-state index is 6.14. The van der Waals surface area contributed by atoms with E-state index in [1.165, 1.54) is 11.5 Å². The highest BCUT2D eigenvalue weighted by molar-refractivity contribution is 7.11. The van der Waals surface area contributed by atoms with Gasteiger partial charge in [-0.3, -0.25) is 0 Å². The zero-order valence-corrected chi connectivity index (χ0v) is 11.8. The van der Waals surface area contributed by atoms with Crippen molar-refractivity contribution in [3.05, 3.63) is 34.9 Å². The third-order valence-electron chi connectivity index (χ3n) is 2.57. The molecule has 2 aromatic rings. The van der Waals surface area contributed by atoms with Crippen LogP contribution in [0.1, 0.15) is 5.56 Å². The number of nitrogens with two attached hydrogens (primary N) is 1. The van der Waals surface area contributed by atoms with Gasteiger partial charge < -0.3 is 15.4 Å². The molecule has 0 amide bonds. The third-order valence-corrected chi connectivity index (χ3v) is 3.90. The quantitative estimate of drug-likeness (QED) is 0.937. The van der Waals surface area contributed by atoms with E-state index in [4.69, 9.17) is 22.1 Å². The lowest BCUT2D eigenvalue weighted by Gasteiger charge is -2.18. The predicted octanol–water partition coefficient (Wildman–Crippen LogP) is 3.02. The predicted molar refractivity (Wildman–Crippen MR) is 76.6 cm³/mol. The van der Waals surface area contributed by atoms with Gasteiger partial charge in [-0.25, -0.2) is 0 Å². The first kappa shape index (κ1) is 13.0. The van der Waals surface area contributed by atoms with Gasteiger partial charge in [0.1, 0.15) is 0 Å². The number of methoxy groups -OCH3 is 1. The Bertz CT molecular complexity index is 544. The number of ether oxygens (including phenoxy) is 1. The first-order valence-corrected chi connectivity index (χ1v) is 6.52. The molecule has 2 N–H and O–H groups in total. The van der Waals surface area contributed by atoms with Crippen molar-refractivity contribution < 1.29 is 4.74 Å². The molecule has 0 unspecified atom stereocenters. The Morgan fingerprint density at radius 1 is 1.44 bits per heavy atom. The van der Waals surface area contributed by atoms with Crippen LogP contribution in [0.5, 0.6) is 5.75 Å². The molecular formula is C12H14ClN3OS. The van der Waals surface area contributed by atoms with Crippen LogP contribution in [0.2, 0.25) is 5.02 Å². The fourth-order valence-corrected chi connectivity index (χ4v) is 2.61. The van der Waals surface area contributed by atoms with E-state index in [1.807, 2.05) is 36.2 Å². The number of hydrogen-bond donors (Lipinski definition) is 1. The molecule has 1 aromatic heterocycles. The van der Waals surface area contributed by atoms with E-state index in [9.17, 15) is 0 Å². The van der Waals surface area contributed by atoms with Gasteiger partial charge in [0.2, 0.25) is 0 Å². The summed E-state index contributed by atoms with van der Waals surface area (Å²) in [5.41, 5.74) is 6.79. The lowest BCUT2D eigenvalue weighted by atomic mass is 10.2. The fraction of sp³-hybridized carbons (Fsp3) is 0.250. The number of nitrogens with zero attached hydrogens (tertiary/aromatic N) is 2. The van der Waals surface area contributed by atoms with Gasteiger partial charge in [0, 0.05) is 18.6 Å². The van der Waals surface area contributed by atoms with Crippen molar-refractivity contribution in [2.75, 3.05) is 24.8 Å². The average molecular weight is 284 g/mol. The largest absolute Gasteiger partial charge is 0.490 e. The molecule has 0 aliphatic heterocycles. The van der Waals surface area contributed by atoms with Crippen LogP contribution in [0.15, 0.2) is 24.3 Å². The maximum atomic E-state index is 6.14. The van der Waals surface area contributed by atoms with E-state index in [0.717, 1.165) is 15.6 Å². The Morgan fingerprint density at radius 2 is 2.17 bits per heavy atom. The number of anilines is 2. The molecule has 0 aliphatic carbocycles. The summed E-state index contributed by atoms with van der Waals surface area (Å²) in [6.07, 6.45) is 0. The van der Waals surface area contributed by atoms with Gasteiger partial charge in [0.05, 0.1) is 7.11 Å². The van der Waals surface area contributed by atoms with Crippen LogP contribution < -0.4 is 15.4 Å². The van der Waals surface area contributed by atoms with Crippen LogP contribution in [-0.2, 0) is 6.54 Å². The summed E-state index contributed by atoms with van der Waals surface area (Å²) in [6.45, 7) is 0.678. The number of nitrogen functional groups attached to an aromatic ring is 1. The van der Waals surface area contributed by atoms with Crippen molar-refractivity contribution in [2.24, 2.45) is 0 Å². The Balaban J connectivity index is 2.22. The van der Waals surface area contributed by atoms with Gasteiger partial charge in [-0.2, -0.15) is 4.37 Å². The second kappa shape index (κ2) is 5.46. The van der Waals surface area contributed by atoms with Crippen molar-refractivity contribution in [1.82, 2.24) is 4.37 Å². The first-order valence-electron chi connectivity index (χ1n) is 5.37. The van der Waals surface area contributed by atoms with Crippen LogP contribution in [0.3, 0.4) is 0 Å². The second-order valence-corrected chi connectivity index (χ2v) is 5.01. The normalized spacial score (nSPS) is 10.4. The lowest BCUT2D eigenvalue weighted by molar-refractivity contribution is 0.418. The molecule has 4 nitrogen and oxygen atoms in total. The molecule has 1 aromatic carbocycles. The molecule has 2 rings (SSSR count). The zero-order valence-electron chi connectivity index (χ0n) is 10.2. The summed E-state index contributed by atoms with van der Waals surface area (Å²) >= 11 is 7.46. The molecule has 0 aliphatic rings. The fourth-order valence-electron chi connectivity index (χ4n) is 1.67. The number of hydrogen-bond acceptors (Lipinski definition) is 5. The highest BCUT2D eigenvalue weighted by Gasteiger charge is 2.16.